The van der Waals surface area contributed by atoms with E-state index in [9.17, 15) is 22.7 Å². The monoisotopic (exact) mass is 389 g/mol. The van der Waals surface area contributed by atoms with Crippen molar-refractivity contribution in [3.05, 3.63) is 72.2 Å². The highest BCUT2D eigenvalue weighted by Crippen LogP contribution is 2.29. The summed E-state index contributed by atoms with van der Waals surface area (Å²) in [6, 6.07) is 12.4. The number of carbonyl (C=O) groups is 1. The molecule has 0 saturated heterocycles. The highest BCUT2D eigenvalue weighted by molar-refractivity contribution is 7.89. The molecule has 27 heavy (non-hydrogen) atoms. The molecule has 0 aliphatic rings. The summed E-state index contributed by atoms with van der Waals surface area (Å²) in [5.41, 5.74) is 1.83. The van der Waals surface area contributed by atoms with Crippen LogP contribution in [-0.4, -0.2) is 29.3 Å². The van der Waals surface area contributed by atoms with E-state index in [0.29, 0.717) is 16.8 Å². The number of rotatable bonds is 6. The minimum atomic E-state index is -3.85. The molecule has 2 aromatic carbocycles. The number of carboxylic acid groups (broad SMARTS) is 1. The quantitative estimate of drug-likeness (QED) is 0.672. The smallest absolute Gasteiger partial charge is 0.305 e. The van der Waals surface area contributed by atoms with Gasteiger partial charge in [0.05, 0.1) is 23.1 Å². The van der Waals surface area contributed by atoms with Crippen LogP contribution in [0.4, 0.5) is 4.39 Å². The van der Waals surface area contributed by atoms with E-state index in [1.54, 1.807) is 18.2 Å². The molecule has 0 amide bonds. The van der Waals surface area contributed by atoms with Gasteiger partial charge in [-0.15, -0.1) is 0 Å². The second kappa shape index (κ2) is 7.29. The Labute approximate surface area is 154 Å². The number of nitrogens with two attached hydrogens (primary N) is 1. The molecule has 0 bridgehead atoms. The number of nitrogens with zero attached hydrogens (tertiary/aromatic N) is 2. The lowest BCUT2D eigenvalue weighted by Gasteiger charge is -2.19. The molecule has 7 nitrogen and oxygen atoms in total. The summed E-state index contributed by atoms with van der Waals surface area (Å²) in [5, 5.41) is 18.7. The first-order valence-corrected chi connectivity index (χ1v) is 9.44. The molecule has 1 aromatic heterocycles. The summed E-state index contributed by atoms with van der Waals surface area (Å²) in [7, 11) is -3.85. The van der Waals surface area contributed by atoms with E-state index in [2.05, 4.69) is 5.10 Å². The molecule has 3 aromatic rings. The van der Waals surface area contributed by atoms with Crippen molar-refractivity contribution in [1.29, 1.82) is 0 Å². The Hall–Kier alpha value is -3.04. The van der Waals surface area contributed by atoms with E-state index in [4.69, 9.17) is 5.14 Å². The predicted molar refractivity (Wildman–Crippen MR) is 95.8 cm³/mol. The van der Waals surface area contributed by atoms with Gasteiger partial charge in [0.15, 0.2) is 0 Å². The van der Waals surface area contributed by atoms with E-state index in [-0.39, 0.29) is 17.1 Å². The molecule has 0 aliphatic heterocycles. The van der Waals surface area contributed by atoms with Crippen LogP contribution in [0.1, 0.15) is 18.0 Å². The van der Waals surface area contributed by atoms with Crippen LogP contribution in [0.2, 0.25) is 0 Å². The Balaban J connectivity index is 2.05. The third kappa shape index (κ3) is 4.21. The fourth-order valence-electron chi connectivity index (χ4n) is 2.80. The van der Waals surface area contributed by atoms with Crippen molar-refractivity contribution in [2.45, 2.75) is 17.4 Å². The topological polar surface area (TPSA) is 115 Å². The summed E-state index contributed by atoms with van der Waals surface area (Å²) in [6.45, 7) is 0. The first kappa shape index (κ1) is 18.7. The molecule has 3 N–H and O–H groups in total. The molecular weight excluding hydrogens is 373 g/mol. The second-order valence-electron chi connectivity index (χ2n) is 5.90. The van der Waals surface area contributed by atoms with Crippen LogP contribution in [0.5, 0.6) is 0 Å². The van der Waals surface area contributed by atoms with Gasteiger partial charge in [0.25, 0.3) is 0 Å². The highest BCUT2D eigenvalue weighted by Gasteiger charge is 2.22. The molecule has 1 heterocycles. The SMILES string of the molecule is NS(=O)(=O)c1ccc(C(CC(=O)O)n2nccc2-c2ccc(F)cc2)cc1. The van der Waals surface area contributed by atoms with Crippen LogP contribution >= 0.6 is 0 Å². The summed E-state index contributed by atoms with van der Waals surface area (Å²) in [4.78, 5) is 11.3. The van der Waals surface area contributed by atoms with Crippen LogP contribution in [-0.2, 0) is 14.8 Å². The van der Waals surface area contributed by atoms with Gasteiger partial charge in [-0.05, 0) is 48.0 Å². The minimum absolute atomic E-state index is 0.0699. The van der Waals surface area contributed by atoms with Crippen molar-refractivity contribution < 1.29 is 22.7 Å². The number of aromatic nitrogens is 2. The number of aliphatic carboxylic acids is 1. The molecule has 1 unspecified atom stereocenters. The summed E-state index contributed by atoms with van der Waals surface area (Å²) < 4.78 is 37.6. The highest BCUT2D eigenvalue weighted by atomic mass is 32.2. The van der Waals surface area contributed by atoms with Gasteiger partial charge in [0.2, 0.25) is 10.0 Å². The van der Waals surface area contributed by atoms with E-state index < -0.39 is 22.0 Å². The molecule has 0 fully saturated rings. The van der Waals surface area contributed by atoms with E-state index >= 15 is 0 Å². The molecule has 0 spiro atoms. The van der Waals surface area contributed by atoms with Gasteiger partial charge in [-0.1, -0.05) is 12.1 Å². The average Bonchev–Trinajstić information content (AvgIpc) is 3.09. The van der Waals surface area contributed by atoms with Gasteiger partial charge in [0.1, 0.15) is 5.82 Å². The number of primary sulfonamides is 1. The standard InChI is InChI=1S/C18H16FN3O4S/c19-14-5-1-12(2-6-14)16-9-10-21-22(16)17(11-18(23)24)13-3-7-15(8-4-13)27(20,25)26/h1-10,17H,11H2,(H,23,24)(H2,20,25,26). The minimum Gasteiger partial charge on any atom is -0.481 e. The maximum Gasteiger partial charge on any atom is 0.305 e. The number of benzene rings is 2. The molecule has 0 radical (unpaired) electrons. The maximum absolute atomic E-state index is 13.2. The lowest BCUT2D eigenvalue weighted by atomic mass is 10.0. The normalized spacial score (nSPS) is 12.7. The zero-order chi connectivity index (χ0) is 19.6. The Bertz CT molecular complexity index is 1060. The van der Waals surface area contributed by atoms with Crippen molar-refractivity contribution in [3.63, 3.8) is 0 Å². The summed E-state index contributed by atoms with van der Waals surface area (Å²) in [6.07, 6.45) is 1.25. The second-order valence-corrected chi connectivity index (χ2v) is 7.46. The van der Waals surface area contributed by atoms with Crippen molar-refractivity contribution in [2.24, 2.45) is 5.14 Å². The summed E-state index contributed by atoms with van der Waals surface area (Å²) in [5.74, 6) is -1.43. The zero-order valence-electron chi connectivity index (χ0n) is 14.0. The van der Waals surface area contributed by atoms with Crippen LogP contribution < -0.4 is 5.14 Å². The van der Waals surface area contributed by atoms with E-state index in [1.807, 2.05) is 0 Å². The molecule has 9 heteroatoms. The lowest BCUT2D eigenvalue weighted by Crippen LogP contribution is -2.18. The molecule has 140 valence electrons. The third-order valence-corrected chi connectivity index (χ3v) is 5.00. The van der Waals surface area contributed by atoms with Crippen molar-refractivity contribution >= 4 is 16.0 Å². The zero-order valence-corrected chi connectivity index (χ0v) is 14.8. The molecule has 0 aliphatic carbocycles. The van der Waals surface area contributed by atoms with Crippen LogP contribution in [0.25, 0.3) is 11.3 Å². The maximum atomic E-state index is 13.2. The first-order valence-electron chi connectivity index (χ1n) is 7.90. The number of hydrogen-bond acceptors (Lipinski definition) is 4. The number of carboxylic acids is 1. The van der Waals surface area contributed by atoms with E-state index in [1.165, 1.54) is 47.3 Å². The lowest BCUT2D eigenvalue weighted by molar-refractivity contribution is -0.137. The fraction of sp³-hybridized carbons (Fsp3) is 0.111. The first-order chi connectivity index (χ1) is 12.8. The third-order valence-electron chi connectivity index (χ3n) is 4.07. The molecular formula is C18H16FN3O4S. The predicted octanol–water partition coefficient (Wildman–Crippen LogP) is 2.40. The Morgan fingerprint density at radius 1 is 1.11 bits per heavy atom. The Morgan fingerprint density at radius 2 is 1.74 bits per heavy atom. The van der Waals surface area contributed by atoms with Crippen LogP contribution in [0.3, 0.4) is 0 Å². The largest absolute Gasteiger partial charge is 0.481 e. The van der Waals surface area contributed by atoms with Crippen LogP contribution in [0.15, 0.2) is 65.7 Å². The average molecular weight is 389 g/mol. The fourth-order valence-corrected chi connectivity index (χ4v) is 3.32. The molecule has 1 atom stereocenters. The Morgan fingerprint density at radius 3 is 2.30 bits per heavy atom. The number of hydrogen-bond donors (Lipinski definition) is 2. The van der Waals surface area contributed by atoms with Crippen LogP contribution in [0, 0.1) is 5.82 Å². The number of halogens is 1. The van der Waals surface area contributed by atoms with Gasteiger partial charge in [-0.25, -0.2) is 17.9 Å². The summed E-state index contributed by atoms with van der Waals surface area (Å²) >= 11 is 0. The van der Waals surface area contributed by atoms with Crippen molar-refractivity contribution in [3.8, 4) is 11.3 Å². The van der Waals surface area contributed by atoms with Gasteiger partial charge < -0.3 is 5.11 Å². The van der Waals surface area contributed by atoms with Crippen molar-refractivity contribution in [1.82, 2.24) is 9.78 Å². The number of sulfonamides is 1. The van der Waals surface area contributed by atoms with Gasteiger partial charge in [0, 0.05) is 11.8 Å². The molecule has 3 rings (SSSR count). The van der Waals surface area contributed by atoms with Gasteiger partial charge in [-0.3, -0.25) is 9.48 Å². The van der Waals surface area contributed by atoms with Gasteiger partial charge in [-0.2, -0.15) is 5.10 Å². The van der Waals surface area contributed by atoms with Gasteiger partial charge >= 0.3 is 5.97 Å². The van der Waals surface area contributed by atoms with Crippen molar-refractivity contribution in [2.75, 3.05) is 0 Å². The van der Waals surface area contributed by atoms with E-state index in [0.717, 1.165) is 0 Å². The Kier molecular flexibility index (Phi) is 5.06. The molecule has 0 saturated carbocycles.